The highest BCUT2D eigenvalue weighted by Gasteiger charge is 2.28. The monoisotopic (exact) mass is 542 g/mol. The minimum Gasteiger partial charge on any atom is -0.357 e. The molecule has 0 fully saturated rings. The minimum atomic E-state index is -4.86. The molecule has 0 aliphatic carbocycles. The fraction of sp³-hybridized carbons (Fsp3) is 0.0800. The molecule has 0 unspecified atom stereocenters. The van der Waals surface area contributed by atoms with Crippen molar-refractivity contribution in [2.24, 2.45) is 0 Å². The number of benzene rings is 2. The van der Waals surface area contributed by atoms with Crippen LogP contribution in [-0.2, 0) is 10.0 Å². The molecule has 3 aromatic heterocycles. The number of hydrogen-bond donors (Lipinski definition) is 2. The van der Waals surface area contributed by atoms with E-state index in [1.807, 2.05) is 4.72 Å². The molecule has 38 heavy (non-hydrogen) atoms. The van der Waals surface area contributed by atoms with Crippen molar-refractivity contribution in [1.82, 2.24) is 19.4 Å². The fourth-order valence-electron chi connectivity index (χ4n) is 3.93. The number of imidazole rings is 1. The number of aryl methyl sites for hydroxylation is 1. The highest BCUT2D eigenvalue weighted by molar-refractivity contribution is 7.92. The number of sulfonamides is 1. The number of nitrogens with zero attached hydrogens (tertiary/aromatic N) is 4. The first kappa shape index (κ1) is 25.1. The third-order valence-corrected chi connectivity index (χ3v) is 7.12. The molecule has 2 N–H and O–H groups in total. The van der Waals surface area contributed by atoms with Gasteiger partial charge in [-0.25, -0.2) is 40.9 Å². The number of rotatable bonds is 6. The van der Waals surface area contributed by atoms with Gasteiger partial charge < -0.3 is 5.32 Å². The number of anilines is 2. The molecule has 0 spiro atoms. The summed E-state index contributed by atoms with van der Waals surface area (Å²) in [4.78, 5) is 11.6. The summed E-state index contributed by atoms with van der Waals surface area (Å²) >= 11 is 0. The molecule has 3 heterocycles. The zero-order chi connectivity index (χ0) is 27.2. The van der Waals surface area contributed by atoms with Gasteiger partial charge in [0.25, 0.3) is 10.0 Å². The van der Waals surface area contributed by atoms with Crippen molar-refractivity contribution in [3.8, 4) is 22.6 Å². The Morgan fingerprint density at radius 3 is 2.50 bits per heavy atom. The third-order valence-electron chi connectivity index (χ3n) is 5.72. The lowest BCUT2D eigenvalue weighted by Crippen LogP contribution is -2.18. The highest BCUT2D eigenvalue weighted by Crippen LogP contribution is 2.36. The molecule has 0 saturated heterocycles. The zero-order valence-corrected chi connectivity index (χ0v) is 20.6. The largest absolute Gasteiger partial charge is 0.357 e. The van der Waals surface area contributed by atoms with E-state index in [0.29, 0.717) is 5.69 Å². The summed E-state index contributed by atoms with van der Waals surface area (Å²) < 4.78 is 87.9. The molecule has 13 heteroatoms. The number of fused-ring (bicyclic) bond motifs is 1. The summed E-state index contributed by atoms with van der Waals surface area (Å²) in [6.07, 6.45) is 2.86. The third kappa shape index (κ3) is 4.30. The Hall–Kier alpha value is -4.52. The van der Waals surface area contributed by atoms with E-state index in [4.69, 9.17) is 0 Å². The van der Waals surface area contributed by atoms with Crippen LogP contribution in [0.15, 0.2) is 65.8 Å². The SMILES string of the molecule is CNc1nccc(-c2c(-c3cccc(NS(=O)(=O)c4c(F)ccc(C)c4F)c3F)nc3cc(F)ccn23)n1. The summed E-state index contributed by atoms with van der Waals surface area (Å²) in [6.45, 7) is 1.27. The summed E-state index contributed by atoms with van der Waals surface area (Å²) in [5, 5.41) is 2.80. The maximum atomic E-state index is 15.9. The van der Waals surface area contributed by atoms with E-state index in [1.165, 1.54) is 41.9 Å². The van der Waals surface area contributed by atoms with Gasteiger partial charge in [0.1, 0.15) is 28.8 Å². The van der Waals surface area contributed by atoms with Crippen LogP contribution in [0.3, 0.4) is 0 Å². The molecular weight excluding hydrogens is 524 g/mol. The van der Waals surface area contributed by atoms with Gasteiger partial charge in [-0.05, 0) is 42.8 Å². The minimum absolute atomic E-state index is 0.0165. The molecule has 0 atom stereocenters. The van der Waals surface area contributed by atoms with Crippen LogP contribution in [-0.4, -0.2) is 34.8 Å². The molecule has 8 nitrogen and oxygen atoms in total. The first-order chi connectivity index (χ1) is 18.1. The van der Waals surface area contributed by atoms with Gasteiger partial charge in [0.15, 0.2) is 10.7 Å². The van der Waals surface area contributed by atoms with E-state index in [-0.39, 0.29) is 34.1 Å². The van der Waals surface area contributed by atoms with Gasteiger partial charge in [-0.3, -0.25) is 9.12 Å². The second-order valence-electron chi connectivity index (χ2n) is 8.18. The van der Waals surface area contributed by atoms with E-state index in [1.54, 1.807) is 13.1 Å². The first-order valence-electron chi connectivity index (χ1n) is 11.1. The van der Waals surface area contributed by atoms with Crippen molar-refractivity contribution in [3.05, 3.63) is 89.8 Å². The van der Waals surface area contributed by atoms with Crippen LogP contribution in [0.4, 0.5) is 29.2 Å². The molecule has 194 valence electrons. The number of pyridine rings is 1. The zero-order valence-electron chi connectivity index (χ0n) is 19.8. The molecule has 0 bridgehead atoms. The fourth-order valence-corrected chi connectivity index (χ4v) is 5.20. The number of halogens is 4. The van der Waals surface area contributed by atoms with Gasteiger partial charge >= 0.3 is 0 Å². The van der Waals surface area contributed by atoms with Crippen molar-refractivity contribution in [2.45, 2.75) is 11.8 Å². The standard InChI is InChI=1S/C25H18F4N6O2S/c1-13-6-7-16(27)24(20(13)28)38(36,37)34-17-5-3-4-15(21(17)29)22-23(18-8-10-31-25(30-2)32-18)35-11-9-14(26)12-19(35)33-22/h3-12,34H,1-2H3,(H,30,31,32). The predicted octanol–water partition coefficient (Wildman–Crippen LogP) is 5.17. The lowest BCUT2D eigenvalue weighted by molar-refractivity contribution is 0.516. The quantitative estimate of drug-likeness (QED) is 0.287. The van der Waals surface area contributed by atoms with E-state index in [2.05, 4.69) is 20.3 Å². The second kappa shape index (κ2) is 9.41. The summed E-state index contributed by atoms with van der Waals surface area (Å²) in [7, 11) is -3.25. The Balaban J connectivity index is 1.68. The average molecular weight is 543 g/mol. The predicted molar refractivity (Wildman–Crippen MR) is 133 cm³/mol. The van der Waals surface area contributed by atoms with Gasteiger partial charge in [0.05, 0.1) is 17.1 Å². The van der Waals surface area contributed by atoms with Crippen molar-refractivity contribution in [3.63, 3.8) is 0 Å². The molecule has 5 aromatic rings. The summed E-state index contributed by atoms with van der Waals surface area (Å²) in [6, 6.07) is 9.55. The van der Waals surface area contributed by atoms with Gasteiger partial charge in [0.2, 0.25) is 5.95 Å². The number of aromatic nitrogens is 4. The normalized spacial score (nSPS) is 11.6. The molecular formula is C25H18F4N6O2S. The van der Waals surface area contributed by atoms with E-state index in [0.717, 1.165) is 24.3 Å². The lowest BCUT2D eigenvalue weighted by atomic mass is 10.1. The van der Waals surface area contributed by atoms with Crippen LogP contribution < -0.4 is 10.0 Å². The maximum Gasteiger partial charge on any atom is 0.267 e. The average Bonchev–Trinajstić information content (AvgIpc) is 3.25. The van der Waals surface area contributed by atoms with Gasteiger partial charge in [-0.15, -0.1) is 0 Å². The topological polar surface area (TPSA) is 101 Å². The maximum absolute atomic E-state index is 15.9. The van der Waals surface area contributed by atoms with Gasteiger partial charge in [0, 0.05) is 31.1 Å². The molecule has 0 amide bonds. The first-order valence-corrected chi connectivity index (χ1v) is 12.5. The van der Waals surface area contributed by atoms with Crippen LogP contribution >= 0.6 is 0 Å². The van der Waals surface area contributed by atoms with Crippen LogP contribution in [0.5, 0.6) is 0 Å². The number of hydrogen-bond acceptors (Lipinski definition) is 6. The lowest BCUT2D eigenvalue weighted by Gasteiger charge is -2.13. The van der Waals surface area contributed by atoms with Gasteiger partial charge in [-0.2, -0.15) is 0 Å². The van der Waals surface area contributed by atoms with Gasteiger partial charge in [-0.1, -0.05) is 12.1 Å². The van der Waals surface area contributed by atoms with Crippen LogP contribution in [0.25, 0.3) is 28.3 Å². The van der Waals surface area contributed by atoms with Crippen molar-refractivity contribution in [2.75, 3.05) is 17.1 Å². The van der Waals surface area contributed by atoms with Crippen molar-refractivity contribution >= 4 is 27.3 Å². The van der Waals surface area contributed by atoms with Crippen LogP contribution in [0.2, 0.25) is 0 Å². The van der Waals surface area contributed by atoms with Crippen LogP contribution in [0.1, 0.15) is 5.56 Å². The number of nitrogens with one attached hydrogen (secondary N) is 2. The van der Waals surface area contributed by atoms with Crippen molar-refractivity contribution < 1.29 is 26.0 Å². The molecule has 2 aromatic carbocycles. The smallest absolute Gasteiger partial charge is 0.267 e. The van der Waals surface area contributed by atoms with E-state index < -0.39 is 43.9 Å². The second-order valence-corrected chi connectivity index (χ2v) is 9.80. The molecule has 0 saturated carbocycles. The van der Waals surface area contributed by atoms with E-state index >= 15 is 4.39 Å². The Morgan fingerprint density at radius 2 is 1.74 bits per heavy atom. The Kier molecular flexibility index (Phi) is 6.23. The van der Waals surface area contributed by atoms with Crippen LogP contribution in [0, 0.1) is 30.2 Å². The Bertz CT molecular complexity index is 1820. The summed E-state index contributed by atoms with van der Waals surface area (Å²) in [5.41, 5.74) is -0.110. The van der Waals surface area contributed by atoms with E-state index in [9.17, 15) is 21.6 Å². The Morgan fingerprint density at radius 1 is 0.947 bits per heavy atom. The molecule has 0 radical (unpaired) electrons. The molecule has 5 rings (SSSR count). The highest BCUT2D eigenvalue weighted by atomic mass is 32.2. The molecule has 0 aliphatic rings. The molecule has 0 aliphatic heterocycles. The summed E-state index contributed by atoms with van der Waals surface area (Å²) in [5.74, 6) is -4.01. The Labute approximate surface area is 214 Å². The van der Waals surface area contributed by atoms with Crippen molar-refractivity contribution in [1.29, 1.82) is 0 Å².